The van der Waals surface area contributed by atoms with Gasteiger partial charge < -0.3 is 4.90 Å². The van der Waals surface area contributed by atoms with Crippen LogP contribution in [0.3, 0.4) is 0 Å². The number of carbonyl (C=O) groups is 1. The molecular formula is C10H9F3N2O. The number of carbonyl (C=O) groups excluding carboxylic acids is 1. The molecule has 0 N–H and O–H groups in total. The van der Waals surface area contributed by atoms with Crippen molar-refractivity contribution in [3.8, 4) is 0 Å². The summed E-state index contributed by atoms with van der Waals surface area (Å²) in [5.74, 6) is -5.12. The molecule has 0 atom stereocenters. The fraction of sp³-hybridized carbons (Fsp3) is 0.200. The van der Waals surface area contributed by atoms with E-state index in [4.69, 9.17) is 0 Å². The van der Waals surface area contributed by atoms with Gasteiger partial charge in [0.15, 0.2) is 11.6 Å². The summed E-state index contributed by atoms with van der Waals surface area (Å²) < 4.78 is 39.0. The summed E-state index contributed by atoms with van der Waals surface area (Å²) in [6.07, 6.45) is 1.08. The normalized spacial score (nSPS) is 10.8. The molecule has 0 unspecified atom stereocenters. The third-order valence-corrected chi connectivity index (χ3v) is 1.66. The average Bonchev–Trinajstić information content (AvgIpc) is 2.21. The summed E-state index contributed by atoms with van der Waals surface area (Å²) in [5.41, 5.74) is -0.988. The number of hydrogen-bond acceptors (Lipinski definition) is 1. The van der Waals surface area contributed by atoms with Gasteiger partial charge in [0.05, 0.1) is 6.34 Å². The number of benzene rings is 1. The van der Waals surface area contributed by atoms with Crippen LogP contribution in [0.1, 0.15) is 10.4 Å². The van der Waals surface area contributed by atoms with Gasteiger partial charge in [-0.3, -0.25) is 4.79 Å². The molecule has 1 rings (SSSR count). The molecule has 0 saturated heterocycles. The van der Waals surface area contributed by atoms with Gasteiger partial charge in [-0.05, 0) is 12.1 Å². The molecule has 0 aliphatic rings. The molecule has 16 heavy (non-hydrogen) atoms. The average molecular weight is 230 g/mol. The van der Waals surface area contributed by atoms with Crippen molar-refractivity contribution in [3.05, 3.63) is 35.1 Å². The molecule has 0 aliphatic carbocycles. The summed E-state index contributed by atoms with van der Waals surface area (Å²) >= 11 is 0. The van der Waals surface area contributed by atoms with Crippen molar-refractivity contribution in [2.24, 2.45) is 4.99 Å². The first-order valence-corrected chi connectivity index (χ1v) is 4.32. The van der Waals surface area contributed by atoms with Crippen molar-refractivity contribution in [3.63, 3.8) is 0 Å². The van der Waals surface area contributed by atoms with E-state index in [0.29, 0.717) is 12.1 Å². The maximum Gasteiger partial charge on any atom is 0.284 e. The number of hydrogen-bond donors (Lipinski definition) is 0. The molecule has 0 bridgehead atoms. The Morgan fingerprint density at radius 1 is 1.25 bits per heavy atom. The fourth-order valence-corrected chi connectivity index (χ4v) is 0.956. The van der Waals surface area contributed by atoms with Crippen LogP contribution >= 0.6 is 0 Å². The lowest BCUT2D eigenvalue weighted by molar-refractivity contribution is 0.0993. The zero-order chi connectivity index (χ0) is 12.3. The van der Waals surface area contributed by atoms with Gasteiger partial charge in [-0.1, -0.05) is 0 Å². The van der Waals surface area contributed by atoms with Crippen LogP contribution in [0.25, 0.3) is 0 Å². The van der Waals surface area contributed by atoms with Crippen molar-refractivity contribution in [2.45, 2.75) is 0 Å². The first-order chi connectivity index (χ1) is 7.43. The third kappa shape index (κ3) is 2.59. The van der Waals surface area contributed by atoms with Gasteiger partial charge in [0.25, 0.3) is 5.91 Å². The highest BCUT2D eigenvalue weighted by atomic mass is 19.2. The van der Waals surface area contributed by atoms with E-state index in [2.05, 4.69) is 4.99 Å². The highest BCUT2D eigenvalue weighted by Gasteiger charge is 2.19. The van der Waals surface area contributed by atoms with Crippen molar-refractivity contribution < 1.29 is 18.0 Å². The van der Waals surface area contributed by atoms with Crippen LogP contribution in [-0.2, 0) is 0 Å². The molecule has 86 valence electrons. The molecule has 0 spiro atoms. The lowest BCUT2D eigenvalue weighted by Gasteiger charge is -2.03. The van der Waals surface area contributed by atoms with Crippen LogP contribution in [0.5, 0.6) is 0 Å². The molecule has 1 amide bonds. The Kier molecular flexibility index (Phi) is 3.65. The predicted octanol–water partition coefficient (Wildman–Crippen LogP) is 1.83. The number of halogens is 3. The largest absolute Gasteiger partial charge is 0.369 e. The molecule has 6 heteroatoms. The van der Waals surface area contributed by atoms with E-state index >= 15 is 0 Å². The predicted molar refractivity (Wildman–Crippen MR) is 52.8 cm³/mol. The van der Waals surface area contributed by atoms with Crippen molar-refractivity contribution >= 4 is 12.2 Å². The van der Waals surface area contributed by atoms with Gasteiger partial charge >= 0.3 is 0 Å². The second kappa shape index (κ2) is 4.78. The van der Waals surface area contributed by atoms with E-state index in [-0.39, 0.29) is 0 Å². The molecule has 0 saturated carbocycles. The van der Waals surface area contributed by atoms with Crippen LogP contribution < -0.4 is 0 Å². The Hall–Kier alpha value is -1.85. The van der Waals surface area contributed by atoms with E-state index in [1.165, 1.54) is 4.90 Å². The number of rotatable bonds is 2. The minimum atomic E-state index is -1.53. The Balaban J connectivity index is 3.13. The standard InChI is InChI=1S/C10H9F3N2O/c1-15(2)5-14-10(16)8-6(11)3-4-7(12)9(8)13/h3-5H,1-2H3/b14-5-. The molecule has 1 aromatic carbocycles. The molecule has 3 nitrogen and oxygen atoms in total. The molecule has 0 aromatic heterocycles. The van der Waals surface area contributed by atoms with Gasteiger partial charge in [0, 0.05) is 14.1 Å². The van der Waals surface area contributed by atoms with Gasteiger partial charge in [0.1, 0.15) is 11.4 Å². The molecule has 1 aromatic rings. The molecule has 0 fully saturated rings. The number of amides is 1. The smallest absolute Gasteiger partial charge is 0.284 e. The Morgan fingerprint density at radius 2 is 1.81 bits per heavy atom. The van der Waals surface area contributed by atoms with Crippen LogP contribution in [0, 0.1) is 17.5 Å². The molecule has 0 aliphatic heterocycles. The van der Waals surface area contributed by atoms with Crippen molar-refractivity contribution in [1.82, 2.24) is 4.90 Å². The first kappa shape index (κ1) is 12.2. The molecular weight excluding hydrogens is 221 g/mol. The minimum absolute atomic E-state index is 0.608. The highest BCUT2D eigenvalue weighted by molar-refractivity contribution is 5.99. The third-order valence-electron chi connectivity index (χ3n) is 1.66. The van der Waals surface area contributed by atoms with E-state index in [9.17, 15) is 18.0 Å². The van der Waals surface area contributed by atoms with E-state index in [1.807, 2.05) is 0 Å². The van der Waals surface area contributed by atoms with E-state index in [0.717, 1.165) is 6.34 Å². The number of nitrogens with zero attached hydrogens (tertiary/aromatic N) is 2. The zero-order valence-corrected chi connectivity index (χ0v) is 8.67. The monoisotopic (exact) mass is 230 g/mol. The summed E-state index contributed by atoms with van der Waals surface area (Å²) in [4.78, 5) is 16.0. The van der Waals surface area contributed by atoms with Crippen molar-refractivity contribution in [1.29, 1.82) is 0 Å². The molecule has 0 heterocycles. The molecule has 0 radical (unpaired) electrons. The SMILES string of the molecule is CN(C)/C=N\C(=O)c1c(F)ccc(F)c1F. The van der Waals surface area contributed by atoms with Gasteiger partial charge in [-0.15, -0.1) is 0 Å². The van der Waals surface area contributed by atoms with Crippen LogP contribution in [-0.4, -0.2) is 31.2 Å². The topological polar surface area (TPSA) is 32.7 Å². The lowest BCUT2D eigenvalue weighted by Crippen LogP contribution is -2.12. The van der Waals surface area contributed by atoms with Crippen molar-refractivity contribution in [2.75, 3.05) is 14.1 Å². The van der Waals surface area contributed by atoms with Gasteiger partial charge in [-0.2, -0.15) is 4.99 Å². The summed E-state index contributed by atoms with van der Waals surface area (Å²) in [6, 6.07) is 1.29. The summed E-state index contributed by atoms with van der Waals surface area (Å²) in [7, 11) is 3.16. The van der Waals surface area contributed by atoms with Crippen LogP contribution in [0.2, 0.25) is 0 Å². The zero-order valence-electron chi connectivity index (χ0n) is 8.67. The summed E-state index contributed by atoms with van der Waals surface area (Å²) in [6.45, 7) is 0. The maximum absolute atomic E-state index is 13.1. The van der Waals surface area contributed by atoms with E-state index < -0.39 is 28.9 Å². The Morgan fingerprint density at radius 3 is 2.38 bits per heavy atom. The fourth-order valence-electron chi connectivity index (χ4n) is 0.956. The van der Waals surface area contributed by atoms with Crippen LogP contribution in [0.15, 0.2) is 17.1 Å². The minimum Gasteiger partial charge on any atom is -0.369 e. The quantitative estimate of drug-likeness (QED) is 0.441. The van der Waals surface area contributed by atoms with Crippen LogP contribution in [0.4, 0.5) is 13.2 Å². The van der Waals surface area contributed by atoms with Gasteiger partial charge in [0.2, 0.25) is 0 Å². The first-order valence-electron chi connectivity index (χ1n) is 4.32. The van der Waals surface area contributed by atoms with E-state index in [1.54, 1.807) is 14.1 Å². The highest BCUT2D eigenvalue weighted by Crippen LogP contribution is 2.16. The second-order valence-electron chi connectivity index (χ2n) is 3.23. The Labute approximate surface area is 90.2 Å². The maximum atomic E-state index is 13.1. The number of aliphatic imine (C=N–C) groups is 1. The summed E-state index contributed by atoms with van der Waals surface area (Å²) in [5, 5.41) is 0. The Bertz CT molecular complexity index is 444. The van der Waals surface area contributed by atoms with Gasteiger partial charge in [-0.25, -0.2) is 13.2 Å². The lowest BCUT2D eigenvalue weighted by atomic mass is 10.2. The second-order valence-corrected chi connectivity index (χ2v) is 3.23.